The van der Waals surface area contributed by atoms with E-state index in [1.807, 2.05) is 104 Å². The van der Waals surface area contributed by atoms with E-state index in [9.17, 15) is 38.4 Å². The van der Waals surface area contributed by atoms with Crippen molar-refractivity contribution in [1.29, 1.82) is 0 Å². The first-order valence-electron chi connectivity index (χ1n) is 36.2. The Balaban J connectivity index is 1.20. The van der Waals surface area contributed by atoms with Crippen molar-refractivity contribution in [3.8, 4) is 0 Å². The van der Waals surface area contributed by atoms with Crippen LogP contribution in [0.25, 0.3) is 0 Å². The minimum atomic E-state index is -1.65. The molecule has 16 heteroatoms. The minimum absolute atomic E-state index is 0.286. The van der Waals surface area contributed by atoms with Gasteiger partial charge in [-0.2, -0.15) is 0 Å². The third kappa shape index (κ3) is 20.6. The van der Waals surface area contributed by atoms with Crippen molar-refractivity contribution in [3.63, 3.8) is 0 Å². The van der Waals surface area contributed by atoms with Gasteiger partial charge in [-0.15, -0.1) is 0 Å². The van der Waals surface area contributed by atoms with Gasteiger partial charge in [-0.3, -0.25) is 57.7 Å². The van der Waals surface area contributed by atoms with Gasteiger partial charge < -0.3 is 0 Å². The molecule has 0 radical (unpaired) electrons. The molecule has 0 bridgehead atoms. The van der Waals surface area contributed by atoms with E-state index in [-0.39, 0.29) is 5.69 Å². The van der Waals surface area contributed by atoms with Crippen LogP contribution in [0.15, 0.2) is 292 Å². The van der Waals surface area contributed by atoms with Gasteiger partial charge in [0.05, 0.1) is 29.2 Å². The Morgan fingerprint density at radius 2 is 0.605 bits per heavy atom. The lowest BCUT2D eigenvalue weighted by molar-refractivity contribution is -0.138. The van der Waals surface area contributed by atoms with Crippen LogP contribution >= 0.6 is 0 Å². The summed E-state index contributed by atoms with van der Waals surface area (Å²) < 4.78 is 0. The molecule has 1 unspecified atom stereocenters. The second-order valence-electron chi connectivity index (χ2n) is 24.6. The number of hydrogen-bond donors (Lipinski definition) is 0. The fourth-order valence-corrected chi connectivity index (χ4v) is 12.9. The van der Waals surface area contributed by atoms with Crippen LogP contribution in [-0.4, -0.2) is 74.9 Å². The molecule has 0 aromatic heterocycles. The van der Waals surface area contributed by atoms with Crippen molar-refractivity contribution < 1.29 is 47.9 Å². The van der Waals surface area contributed by atoms with Crippen molar-refractivity contribution in [1.82, 2.24) is 9.80 Å². The van der Waals surface area contributed by atoms with E-state index < -0.39 is 83.1 Å². The molecular formula is C98H68N6O10. The number of rotatable bonds is 20. The van der Waals surface area contributed by atoms with Gasteiger partial charge in [0.25, 0.3) is 41.4 Å². The lowest BCUT2D eigenvalue weighted by Gasteiger charge is -2.33. The largest absolute Gasteiger partial charge is 0.282 e. The van der Waals surface area contributed by atoms with Gasteiger partial charge in [0.15, 0.2) is 5.82 Å². The van der Waals surface area contributed by atoms with Crippen molar-refractivity contribution in [3.05, 3.63) is 359 Å². The highest BCUT2D eigenvalue weighted by atomic mass is 16.2. The van der Waals surface area contributed by atoms with Crippen LogP contribution in [0.4, 0.5) is 22.7 Å². The van der Waals surface area contributed by atoms with Gasteiger partial charge in [-0.25, -0.2) is 19.6 Å². The van der Waals surface area contributed by atoms with Gasteiger partial charge >= 0.3 is 0 Å². The Kier molecular flexibility index (Phi) is 30.2. The molecule has 8 rings (SSSR count). The third-order valence-corrected chi connectivity index (χ3v) is 17.6. The molecule has 0 N–H and O–H groups in total. The first kappa shape index (κ1) is 83.5. The number of benzene rings is 4. The summed E-state index contributed by atoms with van der Waals surface area (Å²) in [5.41, 5.74) is 95.9. The number of aryl methyl sites for hydroxylation is 8. The number of amides is 10. The SMILES string of the molecule is C=C=C=C=C=C=C=C=C=C=C=C=C=C=C=C=C=C=C=C=C=C=C=C=C=C=C=C=C=C=C=C=C=C=C=C(N(C(C)=O)C1=CC(=O)N(c2c(CC)cc(Cc3cc(CC)c(N4C(=O)C=CC4=O)c(CC)c3)cc2CC)C1=O)N(C(C)=O)C1CC(=O)N(c2c(CC)cc(Cc3cc(CC)c(N4C(=O)C=CC4=O)c(CC)c3)cc2CC)C1=O. The Morgan fingerprint density at radius 3 is 0.860 bits per heavy atom. The van der Waals surface area contributed by atoms with Crippen LogP contribution in [0.2, 0.25) is 0 Å². The monoisotopic (exact) mass is 1490 g/mol. The second kappa shape index (κ2) is 41.3. The summed E-state index contributed by atoms with van der Waals surface area (Å²) in [6.45, 7) is 20.9. The Hall–Kier alpha value is -16.1. The molecule has 1 atom stereocenters. The normalized spacial score (nSPS) is 12.5. The smallest absolute Gasteiger partial charge is 0.278 e. The zero-order chi connectivity index (χ0) is 82.2. The predicted octanol–water partition coefficient (Wildman–Crippen LogP) is 13.8. The summed E-state index contributed by atoms with van der Waals surface area (Å²) in [5, 5.41) is 0. The molecule has 1 saturated heterocycles. The second-order valence-corrected chi connectivity index (χ2v) is 24.6. The lowest BCUT2D eigenvalue weighted by atomic mass is 9.92. The highest BCUT2D eigenvalue weighted by Gasteiger charge is 2.49. The molecule has 16 nitrogen and oxygen atoms in total. The summed E-state index contributed by atoms with van der Waals surface area (Å²) in [7, 11) is 0. The van der Waals surface area contributed by atoms with E-state index in [0.29, 0.717) is 104 Å². The topological polar surface area (TPSA) is 190 Å². The molecule has 550 valence electrons. The van der Waals surface area contributed by atoms with Crippen LogP contribution in [-0.2, 0) is 112 Å². The number of carbonyl (C=O) groups excluding carboxylic acids is 10. The number of anilines is 4. The maximum absolute atomic E-state index is 15.4. The zero-order valence-corrected chi connectivity index (χ0v) is 64.3. The fraction of sp³-hybridized carbons (Fsp3) is 0.224. The first-order valence-corrected chi connectivity index (χ1v) is 36.2. The summed E-state index contributed by atoms with van der Waals surface area (Å²) in [4.78, 5) is 147. The van der Waals surface area contributed by atoms with E-state index >= 15 is 9.59 Å². The predicted molar refractivity (Wildman–Crippen MR) is 425 cm³/mol. The molecule has 4 aromatic carbocycles. The molecule has 4 aromatic rings. The highest BCUT2D eigenvalue weighted by molar-refractivity contribution is 6.32. The summed E-state index contributed by atoms with van der Waals surface area (Å²) in [5.74, 6) is -7.27. The van der Waals surface area contributed by atoms with Gasteiger partial charge in [0, 0.05) is 136 Å². The van der Waals surface area contributed by atoms with Crippen LogP contribution < -0.4 is 19.6 Å². The number of hydrogen-bond acceptors (Lipinski definition) is 10. The van der Waals surface area contributed by atoms with Crippen molar-refractivity contribution >= 4 is 81.8 Å². The van der Waals surface area contributed by atoms with E-state index in [1.54, 1.807) is 0 Å². The van der Waals surface area contributed by atoms with E-state index in [1.165, 1.54) is 34.1 Å². The van der Waals surface area contributed by atoms with Gasteiger partial charge in [-0.05, 0) is 235 Å². The van der Waals surface area contributed by atoms with E-state index in [4.69, 9.17) is 0 Å². The average Bonchev–Trinajstić information content (AvgIpc) is 1.63. The quantitative estimate of drug-likeness (QED) is 0.0608. The molecule has 114 heavy (non-hydrogen) atoms. The highest BCUT2D eigenvalue weighted by Crippen LogP contribution is 2.40. The Morgan fingerprint density at radius 1 is 0.351 bits per heavy atom. The molecule has 4 heterocycles. The zero-order valence-electron chi connectivity index (χ0n) is 64.3. The molecule has 4 aliphatic rings. The van der Waals surface area contributed by atoms with Crippen LogP contribution in [0.1, 0.15) is 142 Å². The van der Waals surface area contributed by atoms with Crippen LogP contribution in [0, 0.1) is 0 Å². The van der Waals surface area contributed by atoms with Crippen LogP contribution in [0.5, 0.6) is 0 Å². The summed E-state index contributed by atoms with van der Waals surface area (Å²) >= 11 is 0. The molecule has 10 amide bonds. The van der Waals surface area contributed by atoms with Crippen molar-refractivity contribution in [2.24, 2.45) is 0 Å². The molecule has 0 spiro atoms. The average molecular weight is 1490 g/mol. The molecule has 4 aliphatic heterocycles. The van der Waals surface area contributed by atoms with Gasteiger partial charge in [0.1, 0.15) is 11.7 Å². The van der Waals surface area contributed by atoms with Gasteiger partial charge in [-0.1, -0.05) is 110 Å². The third-order valence-electron chi connectivity index (χ3n) is 17.6. The Labute approximate surface area is 660 Å². The summed E-state index contributed by atoms with van der Waals surface area (Å²) in [6.07, 6.45) is 9.79. The first-order chi connectivity index (χ1) is 55.2. The number of carbonyl (C=O) groups is 10. The number of imide groups is 4. The van der Waals surface area contributed by atoms with E-state index in [0.717, 1.165) is 84.0 Å². The summed E-state index contributed by atoms with van der Waals surface area (Å²) in [6, 6.07) is 13.9. The molecule has 1 fully saturated rings. The lowest BCUT2D eigenvalue weighted by Crippen LogP contribution is -2.49. The van der Waals surface area contributed by atoms with Gasteiger partial charge in [0.2, 0.25) is 17.7 Å². The fourth-order valence-electron chi connectivity index (χ4n) is 12.9. The molecule has 0 saturated carbocycles. The van der Waals surface area contributed by atoms with Crippen molar-refractivity contribution in [2.45, 2.75) is 146 Å². The van der Waals surface area contributed by atoms with E-state index in [2.05, 4.69) is 201 Å². The Bertz CT molecular complexity index is 6390. The minimum Gasteiger partial charge on any atom is -0.278 e. The van der Waals surface area contributed by atoms with Crippen LogP contribution in [0.3, 0.4) is 0 Å². The maximum Gasteiger partial charge on any atom is 0.282 e. The molecular weight excluding hydrogens is 1420 g/mol. The maximum atomic E-state index is 15.4. The molecule has 0 aliphatic carbocycles. The number of nitrogens with zero attached hydrogens (tertiary/aromatic N) is 6. The standard InChI is InChI=1S/C98H68N6O10/c1-12-21-22-23-24-25-26-27-28-29-30-31-32-33-34-35-36-37-38-39-40-41-42-43-44-45-46-47-48-49-50-51-52-53-86(99(70(10)105)84-68-91(111)103(97(84)113)95-80(17-6)64-74(65-81(95)18-7)58-72-60-76(13-2)93(77(14-3)61-72)101-87(107)54-55-88(101)108)100(71(11)106)85-69-92(112)104(98(85)114)96-82(19-8)66-75(67-83(96)20-9)59-73-62-78(15-4)94(79(16-5)63-73)102-89(109)56-57-90(102)110/h54-57,60-68,85H,1,13-20,58-59,69H2,2-11H3. The van der Waals surface area contributed by atoms with Crippen molar-refractivity contribution in [2.75, 3.05) is 19.6 Å².